The highest BCUT2D eigenvalue weighted by Gasteiger charge is 1.97. The van der Waals surface area contributed by atoms with Crippen LogP contribution >= 0.6 is 0 Å². The van der Waals surface area contributed by atoms with Gasteiger partial charge in [0.05, 0.1) is 11.4 Å². The maximum Gasteiger partial charge on any atom is 0.0650 e. The quantitative estimate of drug-likeness (QED) is 0.425. The molecule has 2 aromatic carbocycles. The van der Waals surface area contributed by atoms with Crippen LogP contribution in [0.4, 0.5) is 11.4 Å². The molecule has 2 heterocycles. The van der Waals surface area contributed by atoms with Crippen molar-refractivity contribution >= 4 is 11.4 Å². The monoisotopic (exact) mass is 318 g/mol. The molecule has 120 valence electrons. The molecule has 6 heteroatoms. The van der Waals surface area contributed by atoms with Gasteiger partial charge >= 0.3 is 0 Å². The molecule has 0 aliphatic carbocycles. The van der Waals surface area contributed by atoms with Crippen LogP contribution < -0.4 is 11.5 Å². The van der Waals surface area contributed by atoms with Gasteiger partial charge in [-0.1, -0.05) is 24.3 Å². The minimum Gasteiger partial charge on any atom is -0.399 e. The van der Waals surface area contributed by atoms with E-state index in [9.17, 15) is 0 Å². The molecule has 6 nitrogen and oxygen atoms in total. The number of anilines is 2. The summed E-state index contributed by atoms with van der Waals surface area (Å²) in [6.07, 6.45) is 3.46. The van der Waals surface area contributed by atoms with Crippen molar-refractivity contribution in [3.63, 3.8) is 0 Å². The zero-order chi connectivity index (χ0) is 16.8. The van der Waals surface area contributed by atoms with Crippen molar-refractivity contribution in [2.24, 2.45) is 0 Å². The van der Waals surface area contributed by atoms with E-state index in [1.54, 1.807) is 12.4 Å². The zero-order valence-electron chi connectivity index (χ0n) is 13.0. The number of aromatic amines is 2. The number of hydrogen-bond donors (Lipinski definition) is 4. The maximum atomic E-state index is 5.55. The molecule has 0 unspecified atom stereocenters. The minimum atomic E-state index is 0.776. The number of H-pyrrole nitrogens is 2. The first kappa shape index (κ1) is 15.4. The molecule has 4 aromatic rings. The summed E-state index contributed by atoms with van der Waals surface area (Å²) in [5, 5.41) is 13.5. The molecule has 0 amide bonds. The first-order valence-corrected chi connectivity index (χ1v) is 7.43. The lowest BCUT2D eigenvalue weighted by Crippen LogP contribution is -1.83. The molecule has 0 radical (unpaired) electrons. The van der Waals surface area contributed by atoms with Gasteiger partial charge in [0.15, 0.2) is 0 Å². The van der Waals surface area contributed by atoms with Crippen molar-refractivity contribution in [3.8, 4) is 22.5 Å². The van der Waals surface area contributed by atoms with Gasteiger partial charge in [-0.05, 0) is 47.5 Å². The SMILES string of the molecule is Nc1ccc(-c2ccn[nH]2)cc1.Nc1ccc(-c2ccn[nH]2)cc1. The number of nitrogens with zero attached hydrogens (tertiary/aromatic N) is 2. The van der Waals surface area contributed by atoms with E-state index < -0.39 is 0 Å². The standard InChI is InChI=1S/2C9H9N3/c2*10-8-3-1-7(2-4-8)9-5-6-11-12-9/h2*1-6H,10H2,(H,11,12). The second-order valence-corrected chi connectivity index (χ2v) is 5.18. The van der Waals surface area contributed by atoms with Crippen molar-refractivity contribution in [3.05, 3.63) is 73.1 Å². The van der Waals surface area contributed by atoms with Crippen molar-refractivity contribution in [2.75, 3.05) is 11.5 Å². The van der Waals surface area contributed by atoms with Crippen LogP contribution in [0.3, 0.4) is 0 Å². The molecule has 0 saturated carbocycles. The summed E-state index contributed by atoms with van der Waals surface area (Å²) in [5.41, 5.74) is 16.9. The van der Waals surface area contributed by atoms with Crippen LogP contribution in [-0.2, 0) is 0 Å². The number of aromatic nitrogens is 4. The Morgan fingerprint density at radius 2 is 0.917 bits per heavy atom. The molecular formula is C18H18N6. The van der Waals surface area contributed by atoms with Crippen LogP contribution in [0.1, 0.15) is 0 Å². The lowest BCUT2D eigenvalue weighted by molar-refractivity contribution is 1.10. The van der Waals surface area contributed by atoms with Crippen LogP contribution in [0.5, 0.6) is 0 Å². The summed E-state index contributed by atoms with van der Waals surface area (Å²) < 4.78 is 0. The zero-order valence-corrected chi connectivity index (χ0v) is 13.0. The average molecular weight is 318 g/mol. The highest BCUT2D eigenvalue weighted by atomic mass is 15.1. The van der Waals surface area contributed by atoms with Gasteiger partial charge in [0.1, 0.15) is 0 Å². The second-order valence-electron chi connectivity index (χ2n) is 5.18. The second kappa shape index (κ2) is 7.15. The summed E-state index contributed by atoms with van der Waals surface area (Å²) in [6, 6.07) is 19.2. The fourth-order valence-corrected chi connectivity index (χ4v) is 2.16. The smallest absolute Gasteiger partial charge is 0.0650 e. The van der Waals surface area contributed by atoms with E-state index in [1.165, 1.54) is 0 Å². The Labute approximate surface area is 139 Å². The number of nitrogen functional groups attached to an aromatic ring is 2. The summed E-state index contributed by atoms with van der Waals surface area (Å²) in [5.74, 6) is 0. The summed E-state index contributed by atoms with van der Waals surface area (Å²) in [6.45, 7) is 0. The lowest BCUT2D eigenvalue weighted by atomic mass is 10.1. The van der Waals surface area contributed by atoms with E-state index in [4.69, 9.17) is 11.5 Å². The lowest BCUT2D eigenvalue weighted by Gasteiger charge is -1.96. The molecule has 0 spiro atoms. The van der Waals surface area contributed by atoms with Crippen molar-refractivity contribution in [1.82, 2.24) is 20.4 Å². The average Bonchev–Trinajstić information content (AvgIpc) is 3.31. The Balaban J connectivity index is 0.000000141. The molecule has 2 aromatic heterocycles. The number of rotatable bonds is 2. The largest absolute Gasteiger partial charge is 0.399 e. The molecule has 0 fully saturated rings. The minimum absolute atomic E-state index is 0.776. The van der Waals surface area contributed by atoms with Crippen LogP contribution in [0.2, 0.25) is 0 Å². The van der Waals surface area contributed by atoms with Crippen LogP contribution in [0, 0.1) is 0 Å². The predicted octanol–water partition coefficient (Wildman–Crippen LogP) is 3.32. The summed E-state index contributed by atoms with van der Waals surface area (Å²) in [7, 11) is 0. The van der Waals surface area contributed by atoms with Gasteiger partial charge in [0.2, 0.25) is 0 Å². The van der Waals surface area contributed by atoms with E-state index in [0.29, 0.717) is 0 Å². The number of hydrogen-bond acceptors (Lipinski definition) is 4. The number of nitrogens with two attached hydrogens (primary N) is 2. The molecule has 0 atom stereocenters. The molecular weight excluding hydrogens is 300 g/mol. The van der Waals surface area contributed by atoms with Crippen LogP contribution in [0.25, 0.3) is 22.5 Å². The molecule has 0 aliphatic rings. The topological polar surface area (TPSA) is 109 Å². The van der Waals surface area contributed by atoms with E-state index in [0.717, 1.165) is 33.9 Å². The van der Waals surface area contributed by atoms with Crippen molar-refractivity contribution < 1.29 is 0 Å². The third-order valence-electron chi connectivity index (χ3n) is 3.44. The molecule has 4 rings (SSSR count). The van der Waals surface area contributed by atoms with Gasteiger partial charge in [-0.2, -0.15) is 10.2 Å². The number of nitrogens with one attached hydrogen (secondary N) is 2. The van der Waals surface area contributed by atoms with Gasteiger partial charge in [0.25, 0.3) is 0 Å². The van der Waals surface area contributed by atoms with E-state index >= 15 is 0 Å². The van der Waals surface area contributed by atoms with Crippen LogP contribution in [0.15, 0.2) is 73.1 Å². The fourth-order valence-electron chi connectivity index (χ4n) is 2.16. The third-order valence-corrected chi connectivity index (χ3v) is 3.44. The Morgan fingerprint density at radius 3 is 1.21 bits per heavy atom. The van der Waals surface area contributed by atoms with Gasteiger partial charge in [-0.15, -0.1) is 0 Å². The third kappa shape index (κ3) is 3.80. The molecule has 24 heavy (non-hydrogen) atoms. The number of benzene rings is 2. The molecule has 6 N–H and O–H groups in total. The van der Waals surface area contributed by atoms with Crippen molar-refractivity contribution in [1.29, 1.82) is 0 Å². The highest BCUT2D eigenvalue weighted by Crippen LogP contribution is 2.17. The fraction of sp³-hybridized carbons (Fsp3) is 0. The first-order valence-electron chi connectivity index (χ1n) is 7.43. The van der Waals surface area contributed by atoms with Gasteiger partial charge in [-0.25, -0.2) is 0 Å². The molecule has 0 bridgehead atoms. The Morgan fingerprint density at radius 1 is 0.542 bits per heavy atom. The van der Waals surface area contributed by atoms with Gasteiger partial charge < -0.3 is 11.5 Å². The van der Waals surface area contributed by atoms with Gasteiger partial charge in [0, 0.05) is 23.8 Å². The summed E-state index contributed by atoms with van der Waals surface area (Å²) >= 11 is 0. The van der Waals surface area contributed by atoms with E-state index in [1.807, 2.05) is 60.7 Å². The van der Waals surface area contributed by atoms with Crippen molar-refractivity contribution in [2.45, 2.75) is 0 Å². The van der Waals surface area contributed by atoms with E-state index in [-0.39, 0.29) is 0 Å². The Bertz CT molecular complexity index is 771. The van der Waals surface area contributed by atoms with E-state index in [2.05, 4.69) is 20.4 Å². The molecule has 0 aliphatic heterocycles. The Kier molecular flexibility index (Phi) is 4.57. The first-order chi connectivity index (χ1) is 11.7. The van der Waals surface area contributed by atoms with Gasteiger partial charge in [-0.3, -0.25) is 10.2 Å². The predicted molar refractivity (Wildman–Crippen MR) is 96.9 cm³/mol. The highest BCUT2D eigenvalue weighted by molar-refractivity contribution is 5.62. The molecule has 0 saturated heterocycles. The maximum absolute atomic E-state index is 5.55. The summed E-state index contributed by atoms with van der Waals surface area (Å²) in [4.78, 5) is 0. The van der Waals surface area contributed by atoms with Crippen LogP contribution in [-0.4, -0.2) is 20.4 Å². The Hall–Kier alpha value is -3.54. The normalized spacial score (nSPS) is 10.0.